The van der Waals surface area contributed by atoms with Crippen molar-refractivity contribution in [3.63, 3.8) is 0 Å². The number of carbonyl (C=O) groups is 2. The standard InChI is InChI=1S/C13H12O4/c1-7(2)9-6-12(14)17-11-4-3-8(13(15)16)5-10(9)11/h3-5,9H,1,6H2,2H3,(H,15,16)/t9-/m1/s1. The van der Waals surface area contributed by atoms with Crippen LogP contribution in [0.2, 0.25) is 0 Å². The third-order valence-electron chi connectivity index (χ3n) is 2.82. The molecule has 0 saturated carbocycles. The molecule has 0 aliphatic carbocycles. The summed E-state index contributed by atoms with van der Waals surface area (Å²) in [5.41, 5.74) is 1.73. The van der Waals surface area contributed by atoms with Crippen molar-refractivity contribution >= 4 is 11.9 Å². The van der Waals surface area contributed by atoms with Gasteiger partial charge in [0.15, 0.2) is 0 Å². The predicted octanol–water partition coefficient (Wildman–Crippen LogP) is 2.35. The summed E-state index contributed by atoms with van der Waals surface area (Å²) in [5.74, 6) is -1.04. The number of rotatable bonds is 2. The maximum Gasteiger partial charge on any atom is 0.335 e. The van der Waals surface area contributed by atoms with Crippen LogP contribution < -0.4 is 4.74 Å². The van der Waals surface area contributed by atoms with Gasteiger partial charge in [0.25, 0.3) is 0 Å². The van der Waals surface area contributed by atoms with E-state index in [0.717, 1.165) is 11.1 Å². The molecule has 4 heteroatoms. The molecular formula is C13H12O4. The SMILES string of the molecule is C=C(C)[C@H]1CC(=O)Oc2ccc(C(=O)O)cc21. The van der Waals surface area contributed by atoms with Gasteiger partial charge in [-0.15, -0.1) is 0 Å². The van der Waals surface area contributed by atoms with Crippen molar-refractivity contribution in [2.75, 3.05) is 0 Å². The van der Waals surface area contributed by atoms with Crippen LogP contribution in [0.3, 0.4) is 0 Å². The Bertz CT molecular complexity index is 516. The molecule has 0 aromatic heterocycles. The third-order valence-corrected chi connectivity index (χ3v) is 2.82. The fourth-order valence-electron chi connectivity index (χ4n) is 1.93. The summed E-state index contributed by atoms with van der Waals surface area (Å²) in [5, 5.41) is 8.93. The smallest absolute Gasteiger partial charge is 0.335 e. The van der Waals surface area contributed by atoms with E-state index in [-0.39, 0.29) is 23.9 Å². The largest absolute Gasteiger partial charge is 0.478 e. The van der Waals surface area contributed by atoms with Gasteiger partial charge >= 0.3 is 11.9 Å². The summed E-state index contributed by atoms with van der Waals surface area (Å²) in [6.45, 7) is 5.65. The topological polar surface area (TPSA) is 63.6 Å². The first kappa shape index (κ1) is 11.4. The highest BCUT2D eigenvalue weighted by atomic mass is 16.5. The van der Waals surface area contributed by atoms with E-state index in [0.29, 0.717) is 5.75 Å². The minimum Gasteiger partial charge on any atom is -0.478 e. The lowest BCUT2D eigenvalue weighted by molar-refractivity contribution is -0.135. The maximum absolute atomic E-state index is 11.4. The Morgan fingerprint density at radius 2 is 2.24 bits per heavy atom. The zero-order chi connectivity index (χ0) is 12.6. The zero-order valence-electron chi connectivity index (χ0n) is 9.40. The Balaban J connectivity index is 2.53. The lowest BCUT2D eigenvalue weighted by Crippen LogP contribution is -2.21. The first-order valence-electron chi connectivity index (χ1n) is 5.22. The average molecular weight is 232 g/mol. The summed E-state index contributed by atoms with van der Waals surface area (Å²) in [7, 11) is 0. The van der Waals surface area contributed by atoms with Gasteiger partial charge in [-0.25, -0.2) is 4.79 Å². The molecule has 88 valence electrons. The van der Waals surface area contributed by atoms with Crippen molar-refractivity contribution in [1.29, 1.82) is 0 Å². The number of fused-ring (bicyclic) bond motifs is 1. The molecule has 0 bridgehead atoms. The van der Waals surface area contributed by atoms with Crippen LogP contribution >= 0.6 is 0 Å². The maximum atomic E-state index is 11.4. The number of hydrogen-bond donors (Lipinski definition) is 1. The van der Waals surface area contributed by atoms with Gasteiger partial charge in [-0.2, -0.15) is 0 Å². The second-order valence-electron chi connectivity index (χ2n) is 4.13. The van der Waals surface area contributed by atoms with Crippen LogP contribution in [-0.4, -0.2) is 17.0 Å². The fourth-order valence-corrected chi connectivity index (χ4v) is 1.93. The lowest BCUT2D eigenvalue weighted by atomic mass is 9.87. The van der Waals surface area contributed by atoms with E-state index in [4.69, 9.17) is 9.84 Å². The molecular weight excluding hydrogens is 220 g/mol. The Morgan fingerprint density at radius 3 is 2.82 bits per heavy atom. The Morgan fingerprint density at radius 1 is 1.53 bits per heavy atom. The quantitative estimate of drug-likeness (QED) is 0.483. The number of hydrogen-bond acceptors (Lipinski definition) is 3. The van der Waals surface area contributed by atoms with Gasteiger partial charge in [-0.05, 0) is 25.1 Å². The molecule has 0 radical (unpaired) electrons. The second kappa shape index (κ2) is 4.05. The highest BCUT2D eigenvalue weighted by molar-refractivity contribution is 5.89. The van der Waals surface area contributed by atoms with E-state index in [1.54, 1.807) is 6.07 Å². The van der Waals surface area contributed by atoms with Crippen LogP contribution in [-0.2, 0) is 4.79 Å². The number of allylic oxidation sites excluding steroid dienone is 1. The van der Waals surface area contributed by atoms with Gasteiger partial charge in [0.2, 0.25) is 0 Å². The zero-order valence-corrected chi connectivity index (χ0v) is 9.40. The number of carbonyl (C=O) groups excluding carboxylic acids is 1. The average Bonchev–Trinajstić information content (AvgIpc) is 2.26. The summed E-state index contributed by atoms with van der Waals surface area (Å²) in [6.07, 6.45) is 0.214. The first-order chi connectivity index (χ1) is 7.99. The Kier molecular flexibility index (Phi) is 2.71. The van der Waals surface area contributed by atoms with Crippen LogP contribution in [0.25, 0.3) is 0 Å². The lowest BCUT2D eigenvalue weighted by Gasteiger charge is -2.24. The number of carboxylic acid groups (broad SMARTS) is 1. The molecule has 0 unspecified atom stereocenters. The van der Waals surface area contributed by atoms with E-state index >= 15 is 0 Å². The molecule has 2 rings (SSSR count). The number of esters is 1. The van der Waals surface area contributed by atoms with E-state index in [1.807, 2.05) is 6.92 Å². The van der Waals surface area contributed by atoms with E-state index in [2.05, 4.69) is 6.58 Å². The summed E-state index contributed by atoms with van der Waals surface area (Å²) >= 11 is 0. The molecule has 1 aliphatic heterocycles. The Labute approximate surface area is 98.5 Å². The fraction of sp³-hybridized carbons (Fsp3) is 0.231. The van der Waals surface area contributed by atoms with Crippen LogP contribution in [0.5, 0.6) is 5.75 Å². The molecule has 0 amide bonds. The summed E-state index contributed by atoms with van der Waals surface area (Å²) < 4.78 is 5.07. The van der Waals surface area contributed by atoms with Gasteiger partial charge in [0.05, 0.1) is 12.0 Å². The van der Waals surface area contributed by atoms with Gasteiger partial charge in [0, 0.05) is 11.5 Å². The molecule has 0 spiro atoms. The van der Waals surface area contributed by atoms with Gasteiger partial charge in [-0.3, -0.25) is 4.79 Å². The molecule has 1 N–H and O–H groups in total. The Hall–Kier alpha value is -2.10. The second-order valence-corrected chi connectivity index (χ2v) is 4.13. The van der Waals surface area contributed by atoms with E-state index in [1.165, 1.54) is 12.1 Å². The minimum atomic E-state index is -0.995. The minimum absolute atomic E-state index is 0.162. The molecule has 1 aromatic rings. The first-order valence-corrected chi connectivity index (χ1v) is 5.22. The van der Waals surface area contributed by atoms with Crippen LogP contribution in [0.15, 0.2) is 30.4 Å². The van der Waals surface area contributed by atoms with Crippen molar-refractivity contribution in [2.24, 2.45) is 0 Å². The van der Waals surface area contributed by atoms with Crippen molar-refractivity contribution in [3.05, 3.63) is 41.5 Å². The van der Waals surface area contributed by atoms with Gasteiger partial charge < -0.3 is 9.84 Å². The number of aromatic carboxylic acids is 1. The molecule has 4 nitrogen and oxygen atoms in total. The van der Waals surface area contributed by atoms with E-state index < -0.39 is 5.97 Å². The molecule has 1 aliphatic rings. The third kappa shape index (κ3) is 2.06. The molecule has 0 saturated heterocycles. The highest BCUT2D eigenvalue weighted by Gasteiger charge is 2.28. The number of benzene rings is 1. The number of ether oxygens (including phenoxy) is 1. The molecule has 0 fully saturated rings. The van der Waals surface area contributed by atoms with Gasteiger partial charge in [-0.1, -0.05) is 12.2 Å². The van der Waals surface area contributed by atoms with Crippen molar-refractivity contribution < 1.29 is 19.4 Å². The van der Waals surface area contributed by atoms with Crippen LogP contribution in [0, 0.1) is 0 Å². The van der Waals surface area contributed by atoms with Crippen molar-refractivity contribution in [2.45, 2.75) is 19.3 Å². The van der Waals surface area contributed by atoms with Crippen LogP contribution in [0.4, 0.5) is 0 Å². The van der Waals surface area contributed by atoms with Crippen LogP contribution in [0.1, 0.15) is 35.2 Å². The number of carboxylic acids is 1. The van der Waals surface area contributed by atoms with E-state index in [9.17, 15) is 9.59 Å². The predicted molar refractivity (Wildman–Crippen MR) is 61.2 cm³/mol. The normalized spacial score (nSPS) is 18.2. The summed E-state index contributed by atoms with van der Waals surface area (Å²) in [6, 6.07) is 4.49. The van der Waals surface area contributed by atoms with Crippen molar-refractivity contribution in [3.8, 4) is 5.75 Å². The molecule has 17 heavy (non-hydrogen) atoms. The molecule has 1 aromatic carbocycles. The highest BCUT2D eigenvalue weighted by Crippen LogP contribution is 2.38. The van der Waals surface area contributed by atoms with Crippen molar-refractivity contribution in [1.82, 2.24) is 0 Å². The van der Waals surface area contributed by atoms with Gasteiger partial charge in [0.1, 0.15) is 5.75 Å². The molecule has 1 atom stereocenters. The molecule has 1 heterocycles. The summed E-state index contributed by atoms with van der Waals surface area (Å²) in [4.78, 5) is 22.3. The monoisotopic (exact) mass is 232 g/mol.